The van der Waals surface area contributed by atoms with E-state index in [1.54, 1.807) is 0 Å². The van der Waals surface area contributed by atoms with Gasteiger partial charge in [0.05, 0.1) is 0 Å². The van der Waals surface area contributed by atoms with Crippen molar-refractivity contribution in [1.29, 1.82) is 0 Å². The summed E-state index contributed by atoms with van der Waals surface area (Å²) in [6.45, 7) is 0. The molecule has 0 aromatic carbocycles. The molecule has 1 saturated heterocycles. The first-order valence-corrected chi connectivity index (χ1v) is 9.03. The first-order valence-electron chi connectivity index (χ1n) is 9.03. The average molecular weight is 335 g/mol. The maximum absolute atomic E-state index is 12.7. The van der Waals surface area contributed by atoms with Crippen molar-refractivity contribution in [2.24, 2.45) is 11.1 Å². The summed E-state index contributed by atoms with van der Waals surface area (Å²) in [5.41, 5.74) is -0.334. The van der Waals surface area contributed by atoms with Crippen molar-refractivity contribution in [3.8, 4) is 0 Å². The summed E-state index contributed by atoms with van der Waals surface area (Å²) in [4.78, 5) is 38.9. The van der Waals surface area contributed by atoms with Crippen molar-refractivity contribution in [2.45, 2.75) is 76.3 Å². The zero-order valence-electron chi connectivity index (χ0n) is 13.9. The molecule has 7 nitrogen and oxygen atoms in total. The van der Waals surface area contributed by atoms with Crippen LogP contribution in [0.15, 0.2) is 5.16 Å². The van der Waals surface area contributed by atoms with Crippen molar-refractivity contribution in [2.75, 3.05) is 0 Å². The zero-order chi connectivity index (χ0) is 17.1. The van der Waals surface area contributed by atoms with E-state index in [-0.39, 0.29) is 17.8 Å². The minimum Gasteiger partial charge on any atom is -0.410 e. The highest BCUT2D eigenvalue weighted by molar-refractivity contribution is 6.54. The van der Waals surface area contributed by atoms with Gasteiger partial charge in [-0.05, 0) is 25.7 Å². The van der Waals surface area contributed by atoms with Crippen LogP contribution in [0.2, 0.25) is 0 Å². The van der Waals surface area contributed by atoms with E-state index in [1.807, 2.05) is 0 Å². The largest absolute Gasteiger partial charge is 0.410 e. The van der Waals surface area contributed by atoms with Gasteiger partial charge in [0.25, 0.3) is 5.91 Å². The average Bonchev–Trinajstić information content (AvgIpc) is 2.86. The number of hydrogen-bond acceptors (Lipinski definition) is 5. The van der Waals surface area contributed by atoms with E-state index in [2.05, 4.69) is 10.5 Å². The minimum absolute atomic E-state index is 0.0397. The topological polar surface area (TPSA) is 99.1 Å². The monoisotopic (exact) mass is 335 g/mol. The summed E-state index contributed by atoms with van der Waals surface area (Å²) >= 11 is 0. The molecule has 3 fully saturated rings. The Kier molecular flexibility index (Phi) is 5.16. The highest BCUT2D eigenvalue weighted by Gasteiger charge is 2.52. The Balaban J connectivity index is 1.74. The lowest BCUT2D eigenvalue weighted by molar-refractivity contribution is -0.144. The molecule has 0 radical (unpaired) electrons. The second-order valence-corrected chi connectivity index (χ2v) is 7.07. The third-order valence-electron chi connectivity index (χ3n) is 5.46. The number of carbonyl (C=O) groups is 3. The molecule has 132 valence electrons. The number of oxime groups is 1. The normalized spacial score (nSPS) is 28.6. The molecule has 0 unspecified atom stereocenters. The fraction of sp³-hybridized carbons (Fsp3) is 0.765. The van der Waals surface area contributed by atoms with Crippen LogP contribution in [0.1, 0.15) is 64.2 Å². The number of nitrogens with one attached hydrogen (secondary N) is 1. The summed E-state index contributed by atoms with van der Waals surface area (Å²) in [6.07, 6.45) is 9.58. The number of likely N-dealkylation sites (tertiary alicyclic amines) is 1. The molecule has 3 aliphatic rings. The molecule has 3 amide bonds. The maximum Gasteiger partial charge on any atom is 0.279 e. The quantitative estimate of drug-likeness (QED) is 0.354. The fourth-order valence-electron chi connectivity index (χ4n) is 4.16. The van der Waals surface area contributed by atoms with E-state index in [4.69, 9.17) is 0 Å². The van der Waals surface area contributed by atoms with Gasteiger partial charge in [-0.3, -0.25) is 19.3 Å². The second-order valence-electron chi connectivity index (χ2n) is 7.07. The predicted octanol–water partition coefficient (Wildman–Crippen LogP) is 1.58. The minimum atomic E-state index is -1.30. The van der Waals surface area contributed by atoms with Crippen LogP contribution >= 0.6 is 0 Å². The lowest BCUT2D eigenvalue weighted by atomic mass is 9.94. The Morgan fingerprint density at radius 2 is 1.58 bits per heavy atom. The van der Waals surface area contributed by atoms with Gasteiger partial charge < -0.3 is 10.5 Å². The molecule has 0 bridgehead atoms. The lowest BCUT2D eigenvalue weighted by Crippen LogP contribution is -2.45. The summed E-state index contributed by atoms with van der Waals surface area (Å²) in [5, 5.41) is 15.1. The van der Waals surface area contributed by atoms with Gasteiger partial charge in [-0.15, -0.1) is 0 Å². The van der Waals surface area contributed by atoms with Crippen molar-refractivity contribution in [1.82, 2.24) is 10.2 Å². The van der Waals surface area contributed by atoms with Gasteiger partial charge in [0.1, 0.15) is 0 Å². The van der Waals surface area contributed by atoms with Crippen molar-refractivity contribution < 1.29 is 19.6 Å². The summed E-state index contributed by atoms with van der Waals surface area (Å²) in [7, 11) is 0. The van der Waals surface area contributed by atoms with Gasteiger partial charge in [0.2, 0.25) is 11.8 Å². The van der Waals surface area contributed by atoms with Crippen LogP contribution in [-0.2, 0) is 14.4 Å². The number of carbonyl (C=O) groups excluding carboxylic acids is 3. The first kappa shape index (κ1) is 16.9. The molecule has 2 saturated carbocycles. The SMILES string of the molecule is O=C(NC1CCCCC1)[C@@H]1C(=O)N(C2CCCCC2)C(=O)/C1=N/O. The van der Waals surface area contributed by atoms with Crippen molar-refractivity contribution in [3.05, 3.63) is 0 Å². The van der Waals surface area contributed by atoms with Crippen LogP contribution in [0.3, 0.4) is 0 Å². The van der Waals surface area contributed by atoms with E-state index >= 15 is 0 Å². The Bertz CT molecular complexity index is 548. The molecule has 0 aromatic heterocycles. The Hall–Kier alpha value is -1.92. The molecule has 1 atom stereocenters. The van der Waals surface area contributed by atoms with E-state index in [0.717, 1.165) is 64.2 Å². The molecule has 2 N–H and O–H groups in total. The predicted molar refractivity (Wildman–Crippen MR) is 86.5 cm³/mol. The molecule has 1 heterocycles. The van der Waals surface area contributed by atoms with Crippen LogP contribution < -0.4 is 5.32 Å². The van der Waals surface area contributed by atoms with E-state index in [1.165, 1.54) is 4.90 Å². The Morgan fingerprint density at radius 3 is 2.17 bits per heavy atom. The van der Waals surface area contributed by atoms with Gasteiger partial charge in [0.15, 0.2) is 11.6 Å². The van der Waals surface area contributed by atoms with Gasteiger partial charge in [-0.2, -0.15) is 0 Å². The summed E-state index contributed by atoms with van der Waals surface area (Å²) < 4.78 is 0. The van der Waals surface area contributed by atoms with Crippen LogP contribution in [0, 0.1) is 5.92 Å². The van der Waals surface area contributed by atoms with Crippen LogP contribution in [0.5, 0.6) is 0 Å². The molecular weight excluding hydrogens is 310 g/mol. The molecule has 0 aromatic rings. The zero-order valence-corrected chi connectivity index (χ0v) is 13.9. The molecule has 0 spiro atoms. The van der Waals surface area contributed by atoms with Crippen LogP contribution in [-0.4, -0.2) is 45.6 Å². The first-order chi connectivity index (χ1) is 11.6. The van der Waals surface area contributed by atoms with Gasteiger partial charge >= 0.3 is 0 Å². The van der Waals surface area contributed by atoms with Crippen LogP contribution in [0.25, 0.3) is 0 Å². The van der Waals surface area contributed by atoms with Crippen molar-refractivity contribution in [3.63, 3.8) is 0 Å². The fourth-order valence-corrected chi connectivity index (χ4v) is 4.16. The van der Waals surface area contributed by atoms with Crippen LogP contribution in [0.4, 0.5) is 0 Å². The number of nitrogens with zero attached hydrogens (tertiary/aromatic N) is 2. The van der Waals surface area contributed by atoms with Gasteiger partial charge in [-0.25, -0.2) is 0 Å². The molecule has 2 aliphatic carbocycles. The maximum atomic E-state index is 12.7. The smallest absolute Gasteiger partial charge is 0.279 e. The third kappa shape index (κ3) is 3.16. The molecular formula is C17H25N3O4. The number of hydrogen-bond donors (Lipinski definition) is 2. The number of imide groups is 1. The highest BCUT2D eigenvalue weighted by Crippen LogP contribution is 2.29. The second kappa shape index (κ2) is 7.32. The standard InChI is InChI=1S/C17H25N3O4/c21-15(18-11-7-3-1-4-8-11)13-14(19-24)17(23)20(16(13)22)12-9-5-2-6-10-12/h11-13,24H,1-10H2,(H,18,21)/b19-14+/t13-/m1/s1. The number of rotatable bonds is 3. The summed E-state index contributed by atoms with van der Waals surface area (Å²) in [6, 6.07) is -0.138. The van der Waals surface area contributed by atoms with E-state index in [9.17, 15) is 19.6 Å². The van der Waals surface area contributed by atoms with Gasteiger partial charge in [-0.1, -0.05) is 43.7 Å². The molecule has 3 rings (SSSR count). The Morgan fingerprint density at radius 1 is 1.00 bits per heavy atom. The van der Waals surface area contributed by atoms with E-state index in [0.29, 0.717) is 0 Å². The molecule has 7 heteroatoms. The summed E-state index contributed by atoms with van der Waals surface area (Å²) in [5.74, 6) is -2.95. The lowest BCUT2D eigenvalue weighted by Gasteiger charge is -2.29. The van der Waals surface area contributed by atoms with Crippen molar-refractivity contribution >= 4 is 23.4 Å². The highest BCUT2D eigenvalue weighted by atomic mass is 16.4. The third-order valence-corrected chi connectivity index (χ3v) is 5.46. The van der Waals surface area contributed by atoms with Gasteiger partial charge in [0, 0.05) is 12.1 Å². The molecule has 24 heavy (non-hydrogen) atoms. The molecule has 1 aliphatic heterocycles. The number of amides is 3. The van der Waals surface area contributed by atoms with E-state index < -0.39 is 23.6 Å². The Labute approximate surface area is 141 Å².